The lowest BCUT2D eigenvalue weighted by Gasteiger charge is -2.22. The third kappa shape index (κ3) is 2.72. The Labute approximate surface area is 91.5 Å². The van der Waals surface area contributed by atoms with E-state index < -0.39 is 0 Å². The molecule has 15 heavy (non-hydrogen) atoms. The zero-order valence-electron chi connectivity index (χ0n) is 9.48. The second kappa shape index (κ2) is 4.23. The number of hydrogen-bond donors (Lipinski definition) is 1. The van der Waals surface area contributed by atoms with Gasteiger partial charge in [0.2, 0.25) is 0 Å². The Bertz CT molecular complexity index is 316. The number of benzene rings is 1. The Morgan fingerprint density at radius 1 is 1.33 bits per heavy atom. The van der Waals surface area contributed by atoms with E-state index in [2.05, 4.69) is 36.1 Å². The quantitative estimate of drug-likeness (QED) is 0.814. The minimum absolute atomic E-state index is 0.156. The first-order valence-electron chi connectivity index (χ1n) is 5.62. The van der Waals surface area contributed by atoms with Crippen molar-refractivity contribution in [3.8, 4) is 0 Å². The van der Waals surface area contributed by atoms with E-state index in [0.29, 0.717) is 5.92 Å². The van der Waals surface area contributed by atoms with Gasteiger partial charge in [0.05, 0.1) is 6.10 Å². The van der Waals surface area contributed by atoms with Gasteiger partial charge in [0.15, 0.2) is 0 Å². The third-order valence-electron chi connectivity index (χ3n) is 3.10. The van der Waals surface area contributed by atoms with E-state index in [1.165, 1.54) is 24.1 Å². The van der Waals surface area contributed by atoms with Crippen molar-refractivity contribution in [2.24, 2.45) is 5.92 Å². The molecule has 0 heterocycles. The van der Waals surface area contributed by atoms with Crippen molar-refractivity contribution in [1.29, 1.82) is 0 Å². The minimum Gasteiger partial charge on any atom is -0.391 e. The van der Waals surface area contributed by atoms with Gasteiger partial charge in [0.1, 0.15) is 0 Å². The van der Waals surface area contributed by atoms with Crippen molar-refractivity contribution in [3.63, 3.8) is 0 Å². The van der Waals surface area contributed by atoms with Gasteiger partial charge in [-0.15, -0.1) is 0 Å². The van der Waals surface area contributed by atoms with Crippen LogP contribution in [-0.4, -0.2) is 24.8 Å². The summed E-state index contributed by atoms with van der Waals surface area (Å²) < 4.78 is 0. The van der Waals surface area contributed by atoms with Gasteiger partial charge in [-0.2, -0.15) is 0 Å². The standard InChI is InChI=1S/C13H19NO/c1-10-3-7-12(8-4-10)14(2)9-13(15)11-5-6-11/h3-4,7-8,11,13,15H,5-6,9H2,1-2H3. The second-order valence-corrected chi connectivity index (χ2v) is 4.62. The van der Waals surface area contributed by atoms with Crippen LogP contribution in [0, 0.1) is 12.8 Å². The maximum Gasteiger partial charge on any atom is 0.0743 e. The van der Waals surface area contributed by atoms with Gasteiger partial charge in [0, 0.05) is 19.3 Å². The molecule has 0 spiro atoms. The number of rotatable bonds is 4. The second-order valence-electron chi connectivity index (χ2n) is 4.62. The summed E-state index contributed by atoms with van der Waals surface area (Å²) >= 11 is 0. The number of aryl methyl sites for hydroxylation is 1. The van der Waals surface area contributed by atoms with Crippen LogP contribution in [0.25, 0.3) is 0 Å². The molecule has 1 aromatic carbocycles. The van der Waals surface area contributed by atoms with Crippen molar-refractivity contribution in [3.05, 3.63) is 29.8 Å². The fraction of sp³-hybridized carbons (Fsp3) is 0.538. The molecule has 0 saturated heterocycles. The molecular weight excluding hydrogens is 186 g/mol. The predicted molar refractivity (Wildman–Crippen MR) is 63.2 cm³/mol. The fourth-order valence-corrected chi connectivity index (χ4v) is 1.82. The van der Waals surface area contributed by atoms with Crippen LogP contribution in [-0.2, 0) is 0 Å². The summed E-state index contributed by atoms with van der Waals surface area (Å²) in [4.78, 5) is 2.13. The number of aliphatic hydroxyl groups is 1. The van der Waals surface area contributed by atoms with E-state index >= 15 is 0 Å². The third-order valence-corrected chi connectivity index (χ3v) is 3.10. The average Bonchev–Trinajstić information content (AvgIpc) is 3.01. The van der Waals surface area contributed by atoms with E-state index in [1.807, 2.05) is 7.05 Å². The number of anilines is 1. The highest BCUT2D eigenvalue weighted by Crippen LogP contribution is 2.33. The first-order valence-corrected chi connectivity index (χ1v) is 5.62. The van der Waals surface area contributed by atoms with Gasteiger partial charge in [-0.25, -0.2) is 0 Å². The fourth-order valence-electron chi connectivity index (χ4n) is 1.82. The summed E-state index contributed by atoms with van der Waals surface area (Å²) in [5.74, 6) is 0.554. The van der Waals surface area contributed by atoms with Crippen molar-refractivity contribution < 1.29 is 5.11 Å². The molecule has 2 heteroatoms. The lowest BCUT2D eigenvalue weighted by atomic mass is 10.2. The van der Waals surface area contributed by atoms with Gasteiger partial charge in [-0.3, -0.25) is 0 Å². The monoisotopic (exact) mass is 205 g/mol. The normalized spacial score (nSPS) is 17.5. The average molecular weight is 205 g/mol. The van der Waals surface area contributed by atoms with E-state index in [4.69, 9.17) is 0 Å². The molecule has 1 aliphatic carbocycles. The van der Waals surface area contributed by atoms with Crippen LogP contribution in [0.1, 0.15) is 18.4 Å². The summed E-state index contributed by atoms with van der Waals surface area (Å²) in [7, 11) is 2.04. The number of hydrogen-bond acceptors (Lipinski definition) is 2. The van der Waals surface area contributed by atoms with Crippen molar-refractivity contribution in [1.82, 2.24) is 0 Å². The lowest BCUT2D eigenvalue weighted by Crippen LogP contribution is -2.30. The summed E-state index contributed by atoms with van der Waals surface area (Å²) in [6.45, 7) is 2.83. The Hall–Kier alpha value is -1.02. The van der Waals surface area contributed by atoms with E-state index in [-0.39, 0.29) is 6.10 Å². The van der Waals surface area contributed by atoms with E-state index in [1.54, 1.807) is 0 Å². The Morgan fingerprint density at radius 2 is 1.93 bits per heavy atom. The lowest BCUT2D eigenvalue weighted by molar-refractivity contribution is 0.158. The molecule has 0 aliphatic heterocycles. The van der Waals surface area contributed by atoms with Crippen LogP contribution in [0.5, 0.6) is 0 Å². The van der Waals surface area contributed by atoms with E-state index in [9.17, 15) is 5.11 Å². The molecule has 1 aromatic rings. The van der Waals surface area contributed by atoms with Crippen LogP contribution in [0.3, 0.4) is 0 Å². The summed E-state index contributed by atoms with van der Waals surface area (Å²) in [5, 5.41) is 9.83. The number of likely N-dealkylation sites (N-methyl/N-ethyl adjacent to an activating group) is 1. The van der Waals surface area contributed by atoms with Gasteiger partial charge < -0.3 is 10.0 Å². The molecule has 82 valence electrons. The molecule has 0 aromatic heterocycles. The highest BCUT2D eigenvalue weighted by atomic mass is 16.3. The van der Waals surface area contributed by atoms with Crippen molar-refractivity contribution in [2.45, 2.75) is 25.9 Å². The zero-order chi connectivity index (χ0) is 10.8. The molecule has 1 fully saturated rings. The molecule has 1 saturated carbocycles. The Kier molecular flexibility index (Phi) is 2.96. The molecule has 1 N–H and O–H groups in total. The van der Waals surface area contributed by atoms with Crippen molar-refractivity contribution in [2.75, 3.05) is 18.5 Å². The highest BCUT2D eigenvalue weighted by Gasteiger charge is 2.30. The summed E-state index contributed by atoms with van der Waals surface area (Å²) in [5.41, 5.74) is 2.45. The molecule has 2 nitrogen and oxygen atoms in total. The van der Waals surface area contributed by atoms with Gasteiger partial charge >= 0.3 is 0 Å². The van der Waals surface area contributed by atoms with Gasteiger partial charge in [-0.1, -0.05) is 17.7 Å². The molecule has 0 bridgehead atoms. The highest BCUT2D eigenvalue weighted by molar-refractivity contribution is 5.46. The van der Waals surface area contributed by atoms with Crippen LogP contribution >= 0.6 is 0 Å². The Morgan fingerprint density at radius 3 is 2.47 bits per heavy atom. The molecule has 2 rings (SSSR count). The first kappa shape index (κ1) is 10.5. The topological polar surface area (TPSA) is 23.5 Å². The summed E-state index contributed by atoms with van der Waals surface area (Å²) in [6.07, 6.45) is 2.24. The van der Waals surface area contributed by atoms with Gasteiger partial charge in [-0.05, 0) is 37.8 Å². The van der Waals surface area contributed by atoms with Crippen molar-refractivity contribution >= 4 is 5.69 Å². The molecule has 1 aliphatic rings. The maximum atomic E-state index is 9.83. The van der Waals surface area contributed by atoms with E-state index in [0.717, 1.165) is 6.54 Å². The SMILES string of the molecule is Cc1ccc(N(C)CC(O)C2CC2)cc1. The molecule has 1 atom stereocenters. The zero-order valence-corrected chi connectivity index (χ0v) is 9.48. The molecule has 0 amide bonds. The molecular formula is C13H19NO. The van der Waals surface area contributed by atoms with Crippen LogP contribution in [0.15, 0.2) is 24.3 Å². The Balaban J connectivity index is 1.94. The minimum atomic E-state index is -0.156. The largest absolute Gasteiger partial charge is 0.391 e. The van der Waals surface area contributed by atoms with Gasteiger partial charge in [0.25, 0.3) is 0 Å². The number of aliphatic hydroxyl groups excluding tert-OH is 1. The number of nitrogens with zero attached hydrogens (tertiary/aromatic N) is 1. The van der Waals surface area contributed by atoms with Crippen LogP contribution < -0.4 is 4.90 Å². The molecule has 1 unspecified atom stereocenters. The molecule has 0 radical (unpaired) electrons. The smallest absolute Gasteiger partial charge is 0.0743 e. The maximum absolute atomic E-state index is 9.83. The predicted octanol–water partition coefficient (Wildman–Crippen LogP) is 2.20. The first-order chi connectivity index (χ1) is 7.16. The van der Waals surface area contributed by atoms with Crippen LogP contribution in [0.2, 0.25) is 0 Å². The summed E-state index contributed by atoms with van der Waals surface area (Å²) in [6, 6.07) is 8.43. The van der Waals surface area contributed by atoms with Crippen LogP contribution in [0.4, 0.5) is 5.69 Å².